The summed E-state index contributed by atoms with van der Waals surface area (Å²) >= 11 is 0. The summed E-state index contributed by atoms with van der Waals surface area (Å²) in [5.74, 6) is 6.10. The summed E-state index contributed by atoms with van der Waals surface area (Å²) < 4.78 is 0. The molecule has 0 aromatic rings. The minimum Gasteiger partial charge on any atom is -0.354 e. The van der Waals surface area contributed by atoms with Crippen molar-refractivity contribution in [1.29, 1.82) is 0 Å². The molecule has 16 heavy (non-hydrogen) atoms. The molecule has 0 bridgehead atoms. The zero-order valence-corrected chi connectivity index (χ0v) is 9.33. The first kappa shape index (κ1) is 11.2. The first-order chi connectivity index (χ1) is 7.78. The van der Waals surface area contributed by atoms with Crippen LogP contribution in [-0.2, 0) is 4.79 Å². The number of hydrogen-bond acceptors (Lipinski definition) is 3. The van der Waals surface area contributed by atoms with Gasteiger partial charge in [-0.25, -0.2) is 10.8 Å². The molecule has 1 saturated carbocycles. The summed E-state index contributed by atoms with van der Waals surface area (Å²) in [5, 5.41) is 5.92. The van der Waals surface area contributed by atoms with Crippen LogP contribution >= 0.6 is 0 Å². The van der Waals surface area contributed by atoms with E-state index in [1.807, 2.05) is 0 Å². The highest BCUT2D eigenvalue weighted by Gasteiger charge is 2.22. The molecule has 6 heteroatoms. The molecule has 90 valence electrons. The molecule has 1 aliphatic carbocycles. The molecule has 1 unspecified atom stereocenters. The third-order valence-corrected chi connectivity index (χ3v) is 3.09. The topological polar surface area (TPSA) is 91.5 Å². The van der Waals surface area contributed by atoms with Crippen molar-refractivity contribution < 1.29 is 4.79 Å². The SMILES string of the molecule is NNC(=NC1CCCC1)NC1CNC(=O)C1. The van der Waals surface area contributed by atoms with Crippen molar-refractivity contribution in [3.8, 4) is 0 Å². The van der Waals surface area contributed by atoms with Crippen molar-refractivity contribution in [3.63, 3.8) is 0 Å². The Kier molecular flexibility index (Phi) is 3.61. The molecule has 1 heterocycles. The van der Waals surface area contributed by atoms with E-state index in [2.05, 4.69) is 21.1 Å². The Balaban J connectivity index is 1.86. The molecule has 5 N–H and O–H groups in total. The molecule has 0 radical (unpaired) electrons. The van der Waals surface area contributed by atoms with Gasteiger partial charge in [0.15, 0.2) is 0 Å². The van der Waals surface area contributed by atoms with Gasteiger partial charge in [0.25, 0.3) is 0 Å². The summed E-state index contributed by atoms with van der Waals surface area (Å²) in [6.07, 6.45) is 5.25. The van der Waals surface area contributed by atoms with Gasteiger partial charge in [0.05, 0.1) is 12.1 Å². The number of aliphatic imine (C=N–C) groups is 1. The minimum absolute atomic E-state index is 0.0785. The van der Waals surface area contributed by atoms with Crippen LogP contribution in [0.1, 0.15) is 32.1 Å². The van der Waals surface area contributed by atoms with Gasteiger partial charge in [-0.15, -0.1) is 0 Å². The highest BCUT2D eigenvalue weighted by Crippen LogP contribution is 2.20. The van der Waals surface area contributed by atoms with Crippen molar-refractivity contribution in [1.82, 2.24) is 16.1 Å². The number of nitrogens with zero attached hydrogens (tertiary/aromatic N) is 1. The molecular formula is C10H19N5O. The number of hydrazine groups is 1. The van der Waals surface area contributed by atoms with Crippen molar-refractivity contribution in [2.24, 2.45) is 10.8 Å². The van der Waals surface area contributed by atoms with Gasteiger partial charge in [-0.3, -0.25) is 10.2 Å². The van der Waals surface area contributed by atoms with Gasteiger partial charge in [-0.2, -0.15) is 0 Å². The van der Waals surface area contributed by atoms with Crippen LogP contribution in [0.25, 0.3) is 0 Å². The predicted octanol–water partition coefficient (Wildman–Crippen LogP) is -0.774. The summed E-state index contributed by atoms with van der Waals surface area (Å²) in [5.41, 5.74) is 2.57. The Morgan fingerprint density at radius 3 is 2.75 bits per heavy atom. The second-order valence-corrected chi connectivity index (χ2v) is 4.41. The Morgan fingerprint density at radius 1 is 1.44 bits per heavy atom. The average Bonchev–Trinajstić information content (AvgIpc) is 2.89. The van der Waals surface area contributed by atoms with Crippen LogP contribution in [0, 0.1) is 0 Å². The maximum absolute atomic E-state index is 11.0. The molecular weight excluding hydrogens is 206 g/mol. The van der Waals surface area contributed by atoms with Gasteiger partial charge >= 0.3 is 0 Å². The number of rotatable bonds is 2. The largest absolute Gasteiger partial charge is 0.354 e. The lowest BCUT2D eigenvalue weighted by Crippen LogP contribution is -2.47. The Hall–Kier alpha value is -1.30. The van der Waals surface area contributed by atoms with E-state index in [0.29, 0.717) is 25.0 Å². The second-order valence-electron chi connectivity index (χ2n) is 4.41. The summed E-state index contributed by atoms with van der Waals surface area (Å²) in [7, 11) is 0. The van der Waals surface area contributed by atoms with Crippen molar-refractivity contribution in [2.45, 2.75) is 44.2 Å². The minimum atomic E-state index is 0.0785. The monoisotopic (exact) mass is 225 g/mol. The van der Waals surface area contributed by atoms with Crippen LogP contribution < -0.4 is 21.9 Å². The van der Waals surface area contributed by atoms with E-state index >= 15 is 0 Å². The Labute approximate surface area is 95.0 Å². The standard InChI is InChI=1S/C10H19N5O/c11-15-10(13-7-3-1-2-4-7)14-8-5-9(16)12-6-8/h7-8H,1-6,11H2,(H,12,16)(H2,13,14,15). The van der Waals surface area contributed by atoms with Gasteiger partial charge in [-0.05, 0) is 12.8 Å². The fourth-order valence-electron chi connectivity index (χ4n) is 2.23. The highest BCUT2D eigenvalue weighted by atomic mass is 16.1. The number of nitrogens with one attached hydrogen (secondary N) is 3. The fraction of sp³-hybridized carbons (Fsp3) is 0.800. The molecule has 2 rings (SSSR count). The van der Waals surface area contributed by atoms with E-state index in [1.54, 1.807) is 0 Å². The molecule has 2 fully saturated rings. The Morgan fingerprint density at radius 2 is 2.19 bits per heavy atom. The van der Waals surface area contributed by atoms with E-state index in [0.717, 1.165) is 12.8 Å². The number of guanidine groups is 1. The molecule has 0 spiro atoms. The summed E-state index contributed by atoms with van der Waals surface area (Å²) in [6.45, 7) is 0.643. The Bertz CT molecular complexity index is 285. The number of carbonyl (C=O) groups excluding carboxylic acids is 1. The zero-order valence-electron chi connectivity index (χ0n) is 9.33. The molecule has 1 aliphatic heterocycles. The zero-order chi connectivity index (χ0) is 11.4. The quantitative estimate of drug-likeness (QED) is 0.215. The third-order valence-electron chi connectivity index (χ3n) is 3.09. The first-order valence-corrected chi connectivity index (χ1v) is 5.85. The maximum atomic E-state index is 11.0. The van der Waals surface area contributed by atoms with E-state index < -0.39 is 0 Å². The molecule has 0 aromatic carbocycles. The fourth-order valence-corrected chi connectivity index (χ4v) is 2.23. The van der Waals surface area contributed by atoms with E-state index in [9.17, 15) is 4.79 Å². The molecule has 1 amide bonds. The molecule has 6 nitrogen and oxygen atoms in total. The van der Waals surface area contributed by atoms with E-state index in [1.165, 1.54) is 12.8 Å². The number of amides is 1. The number of hydrogen-bond donors (Lipinski definition) is 4. The van der Waals surface area contributed by atoms with Crippen LogP contribution in [0.4, 0.5) is 0 Å². The number of nitrogens with two attached hydrogens (primary N) is 1. The normalized spacial score (nSPS) is 26.9. The van der Waals surface area contributed by atoms with Gasteiger partial charge in [0.2, 0.25) is 11.9 Å². The average molecular weight is 225 g/mol. The summed E-state index contributed by atoms with van der Waals surface area (Å²) in [6, 6.07) is 0.479. The lowest BCUT2D eigenvalue weighted by Gasteiger charge is -2.15. The van der Waals surface area contributed by atoms with Crippen molar-refractivity contribution >= 4 is 11.9 Å². The lowest BCUT2D eigenvalue weighted by atomic mass is 10.2. The predicted molar refractivity (Wildman–Crippen MR) is 61.6 cm³/mol. The third kappa shape index (κ3) is 2.85. The van der Waals surface area contributed by atoms with Gasteiger partial charge < -0.3 is 10.6 Å². The van der Waals surface area contributed by atoms with E-state index in [4.69, 9.17) is 5.84 Å². The lowest BCUT2D eigenvalue weighted by molar-refractivity contribution is -0.119. The van der Waals surface area contributed by atoms with Crippen molar-refractivity contribution in [2.75, 3.05) is 6.54 Å². The summed E-state index contributed by atoms with van der Waals surface area (Å²) in [4.78, 5) is 15.5. The van der Waals surface area contributed by atoms with Crippen LogP contribution in [-0.4, -0.2) is 30.5 Å². The molecule has 0 aromatic heterocycles. The van der Waals surface area contributed by atoms with Crippen LogP contribution in [0.2, 0.25) is 0 Å². The van der Waals surface area contributed by atoms with Crippen LogP contribution in [0.15, 0.2) is 4.99 Å². The molecule has 2 aliphatic rings. The highest BCUT2D eigenvalue weighted by molar-refractivity contribution is 5.83. The maximum Gasteiger partial charge on any atom is 0.222 e. The molecule has 1 saturated heterocycles. The van der Waals surface area contributed by atoms with E-state index in [-0.39, 0.29) is 11.9 Å². The number of carbonyl (C=O) groups is 1. The van der Waals surface area contributed by atoms with Crippen LogP contribution in [0.3, 0.4) is 0 Å². The molecule has 1 atom stereocenters. The smallest absolute Gasteiger partial charge is 0.222 e. The first-order valence-electron chi connectivity index (χ1n) is 5.85. The van der Waals surface area contributed by atoms with Gasteiger partial charge in [0, 0.05) is 13.0 Å². The van der Waals surface area contributed by atoms with Gasteiger partial charge in [0.1, 0.15) is 0 Å². The van der Waals surface area contributed by atoms with Crippen LogP contribution in [0.5, 0.6) is 0 Å². The van der Waals surface area contributed by atoms with Crippen molar-refractivity contribution in [3.05, 3.63) is 0 Å². The second kappa shape index (κ2) is 5.16. The van der Waals surface area contributed by atoms with Gasteiger partial charge in [-0.1, -0.05) is 12.8 Å².